The zero-order valence-corrected chi connectivity index (χ0v) is 11.5. The lowest BCUT2D eigenvalue weighted by Gasteiger charge is -2.12. The number of urea groups is 1. The van der Waals surface area contributed by atoms with Crippen molar-refractivity contribution in [1.82, 2.24) is 5.32 Å². The molecule has 0 heterocycles. The Morgan fingerprint density at radius 3 is 2.75 bits per heavy atom. The van der Waals surface area contributed by atoms with Crippen molar-refractivity contribution in [1.29, 1.82) is 0 Å². The molecule has 1 atom stereocenters. The fourth-order valence-corrected chi connectivity index (χ4v) is 1.56. The Kier molecular flexibility index (Phi) is 6.08. The highest BCUT2D eigenvalue weighted by molar-refractivity contribution is 6.31. The number of benzene rings is 1. The van der Waals surface area contributed by atoms with Crippen LogP contribution in [0.4, 0.5) is 10.5 Å². The molecule has 8 heteroatoms. The smallest absolute Gasteiger partial charge is 0.332 e. The van der Waals surface area contributed by atoms with Crippen LogP contribution in [0.25, 0.3) is 0 Å². The van der Waals surface area contributed by atoms with E-state index < -0.39 is 18.1 Å². The summed E-state index contributed by atoms with van der Waals surface area (Å²) >= 11 is 5.81. The van der Waals surface area contributed by atoms with Crippen LogP contribution in [-0.2, 0) is 4.79 Å². The van der Waals surface area contributed by atoms with Gasteiger partial charge in [-0.05, 0) is 18.2 Å². The fourth-order valence-electron chi connectivity index (χ4n) is 1.39. The number of hydrogen-bond donors (Lipinski definition) is 4. The van der Waals surface area contributed by atoms with Gasteiger partial charge in [0.1, 0.15) is 5.75 Å². The maximum Gasteiger partial charge on any atom is 0.332 e. The highest BCUT2D eigenvalue weighted by Gasteiger charge is 2.13. The van der Waals surface area contributed by atoms with Crippen LogP contribution in [-0.4, -0.2) is 42.0 Å². The number of halogens is 1. The highest BCUT2D eigenvalue weighted by Crippen LogP contribution is 2.27. The number of carboxylic acids is 1. The summed E-state index contributed by atoms with van der Waals surface area (Å²) in [7, 11) is 1.45. The number of hydrogen-bond acceptors (Lipinski definition) is 4. The largest absolute Gasteiger partial charge is 0.495 e. The van der Waals surface area contributed by atoms with Gasteiger partial charge in [-0.3, -0.25) is 0 Å². The van der Waals surface area contributed by atoms with Gasteiger partial charge in [0, 0.05) is 18.0 Å². The molecule has 0 radical (unpaired) electrons. The Morgan fingerprint density at radius 1 is 1.45 bits per heavy atom. The Bertz CT molecular complexity index is 495. The van der Waals surface area contributed by atoms with Crippen LogP contribution in [0.5, 0.6) is 5.75 Å². The summed E-state index contributed by atoms with van der Waals surface area (Å²) in [5.41, 5.74) is 0.385. The minimum Gasteiger partial charge on any atom is -0.495 e. The topological polar surface area (TPSA) is 108 Å². The van der Waals surface area contributed by atoms with Crippen LogP contribution in [0.15, 0.2) is 18.2 Å². The molecule has 0 aromatic heterocycles. The highest BCUT2D eigenvalue weighted by atomic mass is 35.5. The van der Waals surface area contributed by atoms with Crippen molar-refractivity contribution < 1.29 is 24.5 Å². The zero-order chi connectivity index (χ0) is 15.1. The molecule has 0 spiro atoms. The third kappa shape index (κ3) is 4.94. The van der Waals surface area contributed by atoms with E-state index in [9.17, 15) is 9.59 Å². The van der Waals surface area contributed by atoms with Crippen molar-refractivity contribution in [3.05, 3.63) is 23.2 Å². The molecule has 0 fully saturated rings. The van der Waals surface area contributed by atoms with Gasteiger partial charge in [0.15, 0.2) is 6.10 Å². The molecule has 0 aliphatic carbocycles. The molecule has 20 heavy (non-hydrogen) atoms. The van der Waals surface area contributed by atoms with Crippen LogP contribution >= 0.6 is 11.6 Å². The van der Waals surface area contributed by atoms with Crippen LogP contribution in [0, 0.1) is 0 Å². The first kappa shape index (κ1) is 16.1. The second-order valence-electron chi connectivity index (χ2n) is 3.87. The summed E-state index contributed by atoms with van der Waals surface area (Å²) in [6, 6.07) is 4.19. The van der Waals surface area contributed by atoms with E-state index in [2.05, 4.69) is 10.6 Å². The average molecular weight is 303 g/mol. The second kappa shape index (κ2) is 7.56. The lowest BCUT2D eigenvalue weighted by atomic mass is 10.2. The molecule has 1 aromatic rings. The SMILES string of the molecule is COc1ccc(Cl)cc1NC(=O)NCCC(O)C(=O)O. The van der Waals surface area contributed by atoms with Crippen LogP contribution in [0.2, 0.25) is 5.02 Å². The Balaban J connectivity index is 2.50. The molecule has 0 aliphatic heterocycles. The number of aliphatic hydroxyl groups is 1. The standard InChI is InChI=1S/C12H15ClN2O5/c1-20-10-3-2-7(13)6-8(10)15-12(19)14-5-4-9(16)11(17)18/h2-3,6,9,16H,4-5H2,1H3,(H,17,18)(H2,14,15,19). The van der Waals surface area contributed by atoms with Crippen LogP contribution < -0.4 is 15.4 Å². The minimum atomic E-state index is -1.50. The number of anilines is 1. The molecule has 0 saturated heterocycles. The van der Waals surface area contributed by atoms with Gasteiger partial charge < -0.3 is 25.6 Å². The number of aliphatic carboxylic acids is 1. The first-order chi connectivity index (χ1) is 9.43. The molecule has 0 saturated carbocycles. The monoisotopic (exact) mass is 302 g/mol. The number of carbonyl (C=O) groups is 2. The maximum atomic E-state index is 11.6. The molecule has 1 aromatic carbocycles. The van der Waals surface area contributed by atoms with Crippen molar-refractivity contribution in [2.45, 2.75) is 12.5 Å². The predicted octanol–water partition coefficient (Wildman–Crippen LogP) is 1.31. The Morgan fingerprint density at radius 2 is 2.15 bits per heavy atom. The van der Waals surface area contributed by atoms with Crippen LogP contribution in [0.3, 0.4) is 0 Å². The summed E-state index contributed by atoms with van der Waals surface area (Å²) in [6.07, 6.45) is -1.59. The summed E-state index contributed by atoms with van der Waals surface area (Å²) in [5, 5.41) is 22.9. The zero-order valence-electron chi connectivity index (χ0n) is 10.7. The molecule has 2 amide bonds. The van der Waals surface area contributed by atoms with Crippen molar-refractivity contribution in [2.24, 2.45) is 0 Å². The van der Waals surface area contributed by atoms with Crippen LogP contribution in [0.1, 0.15) is 6.42 Å². The number of nitrogens with one attached hydrogen (secondary N) is 2. The van der Waals surface area contributed by atoms with Gasteiger partial charge in [-0.2, -0.15) is 0 Å². The lowest BCUT2D eigenvalue weighted by Crippen LogP contribution is -2.33. The van der Waals surface area contributed by atoms with Gasteiger partial charge in [0.25, 0.3) is 0 Å². The van der Waals surface area contributed by atoms with Crippen molar-refractivity contribution >= 4 is 29.3 Å². The van der Waals surface area contributed by atoms with E-state index in [4.69, 9.17) is 26.6 Å². The number of rotatable bonds is 6. The van der Waals surface area contributed by atoms with E-state index in [1.54, 1.807) is 12.1 Å². The molecule has 110 valence electrons. The molecule has 4 N–H and O–H groups in total. The van der Waals surface area contributed by atoms with E-state index >= 15 is 0 Å². The van der Waals surface area contributed by atoms with Crippen molar-refractivity contribution in [3.63, 3.8) is 0 Å². The minimum absolute atomic E-state index is 0.0161. The number of carboxylic acid groups (broad SMARTS) is 1. The van der Waals surface area contributed by atoms with Gasteiger partial charge in [-0.15, -0.1) is 0 Å². The summed E-state index contributed by atoms with van der Waals surface area (Å²) in [5.74, 6) is -0.890. The van der Waals surface area contributed by atoms with Crippen molar-refractivity contribution in [2.75, 3.05) is 19.0 Å². The first-order valence-electron chi connectivity index (χ1n) is 5.73. The first-order valence-corrected chi connectivity index (χ1v) is 6.11. The number of carbonyl (C=O) groups excluding carboxylic acids is 1. The molecule has 0 aliphatic rings. The molecular formula is C12H15ClN2O5. The molecule has 1 rings (SSSR count). The number of aliphatic hydroxyl groups excluding tert-OH is 1. The third-order valence-electron chi connectivity index (χ3n) is 2.40. The molecule has 0 bridgehead atoms. The van der Waals surface area contributed by atoms with E-state index in [0.717, 1.165) is 0 Å². The third-order valence-corrected chi connectivity index (χ3v) is 2.63. The van der Waals surface area contributed by atoms with Gasteiger partial charge in [-0.1, -0.05) is 11.6 Å². The lowest BCUT2D eigenvalue weighted by molar-refractivity contribution is -0.146. The van der Waals surface area contributed by atoms with Crippen molar-refractivity contribution in [3.8, 4) is 5.75 Å². The maximum absolute atomic E-state index is 11.6. The molecule has 7 nitrogen and oxygen atoms in total. The van der Waals surface area contributed by atoms with E-state index in [1.807, 2.05) is 0 Å². The quantitative estimate of drug-likeness (QED) is 0.633. The normalized spacial score (nSPS) is 11.6. The Labute approximate surface area is 120 Å². The van der Waals surface area contributed by atoms with E-state index in [0.29, 0.717) is 16.5 Å². The van der Waals surface area contributed by atoms with E-state index in [1.165, 1.54) is 13.2 Å². The molecular weight excluding hydrogens is 288 g/mol. The summed E-state index contributed by atoms with van der Waals surface area (Å²) < 4.78 is 5.06. The number of ether oxygens (including phenoxy) is 1. The van der Waals surface area contributed by atoms with E-state index in [-0.39, 0.29) is 13.0 Å². The number of amides is 2. The fraction of sp³-hybridized carbons (Fsp3) is 0.333. The van der Waals surface area contributed by atoms with Gasteiger partial charge in [0.05, 0.1) is 12.8 Å². The van der Waals surface area contributed by atoms with Gasteiger partial charge >= 0.3 is 12.0 Å². The summed E-state index contributed by atoms with van der Waals surface area (Å²) in [4.78, 5) is 22.0. The predicted molar refractivity (Wildman–Crippen MR) is 73.3 cm³/mol. The number of methoxy groups -OCH3 is 1. The molecule has 1 unspecified atom stereocenters. The van der Waals surface area contributed by atoms with Gasteiger partial charge in [-0.25, -0.2) is 9.59 Å². The average Bonchev–Trinajstić information content (AvgIpc) is 2.38. The second-order valence-corrected chi connectivity index (χ2v) is 4.30. The van der Waals surface area contributed by atoms with Gasteiger partial charge in [0.2, 0.25) is 0 Å². The summed E-state index contributed by atoms with van der Waals surface area (Å²) in [6.45, 7) is 0.0161. The Hall–Kier alpha value is -1.99.